The molecule has 0 bridgehead atoms. The number of carbonyl (C=O) groups excluding carboxylic acids is 1. The SMILES string of the molecule is CCCC(C)(C)CNC(C)(C)C(=O)OC. The van der Waals surface area contributed by atoms with Gasteiger partial charge in [0.2, 0.25) is 0 Å². The molecular weight excluding hydrogens is 190 g/mol. The van der Waals surface area contributed by atoms with E-state index >= 15 is 0 Å². The van der Waals surface area contributed by atoms with E-state index in [1.807, 2.05) is 13.8 Å². The lowest BCUT2D eigenvalue weighted by atomic mass is 9.87. The average Bonchev–Trinajstić information content (AvgIpc) is 2.14. The Labute approximate surface area is 93.6 Å². The van der Waals surface area contributed by atoms with Gasteiger partial charge in [-0.1, -0.05) is 27.2 Å². The smallest absolute Gasteiger partial charge is 0.325 e. The van der Waals surface area contributed by atoms with Crippen molar-refractivity contribution in [2.24, 2.45) is 5.41 Å². The summed E-state index contributed by atoms with van der Waals surface area (Å²) in [6.45, 7) is 11.1. The van der Waals surface area contributed by atoms with Crippen LogP contribution in [0.4, 0.5) is 0 Å². The number of ether oxygens (including phenoxy) is 1. The maximum Gasteiger partial charge on any atom is 0.325 e. The Morgan fingerprint density at radius 1 is 1.27 bits per heavy atom. The molecule has 0 rings (SSSR count). The molecule has 0 radical (unpaired) electrons. The summed E-state index contributed by atoms with van der Waals surface area (Å²) in [4.78, 5) is 11.4. The molecule has 0 amide bonds. The average molecular weight is 215 g/mol. The highest BCUT2D eigenvalue weighted by Gasteiger charge is 2.30. The van der Waals surface area contributed by atoms with Gasteiger partial charge in [-0.05, 0) is 25.7 Å². The number of esters is 1. The third kappa shape index (κ3) is 5.17. The molecule has 90 valence electrons. The molecule has 0 saturated heterocycles. The van der Waals surface area contributed by atoms with Gasteiger partial charge in [0.05, 0.1) is 7.11 Å². The standard InChI is InChI=1S/C12H25NO2/c1-7-8-11(2,3)9-13-12(4,5)10(14)15-6/h13H,7-9H2,1-6H3. The third-order valence-corrected chi connectivity index (χ3v) is 2.63. The number of methoxy groups -OCH3 is 1. The second kappa shape index (κ2) is 5.50. The third-order valence-electron chi connectivity index (χ3n) is 2.63. The van der Waals surface area contributed by atoms with Crippen molar-refractivity contribution in [2.75, 3.05) is 13.7 Å². The summed E-state index contributed by atoms with van der Waals surface area (Å²) in [6.07, 6.45) is 2.31. The van der Waals surface area contributed by atoms with Crippen LogP contribution in [0.3, 0.4) is 0 Å². The van der Waals surface area contributed by atoms with Crippen LogP contribution in [0.2, 0.25) is 0 Å². The van der Waals surface area contributed by atoms with Gasteiger partial charge < -0.3 is 10.1 Å². The van der Waals surface area contributed by atoms with Crippen LogP contribution in [0.5, 0.6) is 0 Å². The Morgan fingerprint density at radius 2 is 1.80 bits per heavy atom. The highest BCUT2D eigenvalue weighted by atomic mass is 16.5. The van der Waals surface area contributed by atoms with Gasteiger partial charge in [0, 0.05) is 6.54 Å². The first-order valence-electron chi connectivity index (χ1n) is 5.58. The molecule has 0 aliphatic rings. The van der Waals surface area contributed by atoms with Crippen LogP contribution in [0.1, 0.15) is 47.5 Å². The van der Waals surface area contributed by atoms with Crippen molar-refractivity contribution in [3.05, 3.63) is 0 Å². The molecule has 0 spiro atoms. The summed E-state index contributed by atoms with van der Waals surface area (Å²) in [6, 6.07) is 0. The van der Waals surface area contributed by atoms with Gasteiger partial charge in [0.1, 0.15) is 5.54 Å². The van der Waals surface area contributed by atoms with Crippen LogP contribution in [0.25, 0.3) is 0 Å². The number of hydrogen-bond donors (Lipinski definition) is 1. The molecule has 0 aliphatic heterocycles. The molecule has 0 aromatic heterocycles. The topological polar surface area (TPSA) is 38.3 Å². The molecule has 0 saturated carbocycles. The predicted octanol–water partition coefficient (Wildman–Crippen LogP) is 2.35. The zero-order valence-electron chi connectivity index (χ0n) is 10.9. The van der Waals surface area contributed by atoms with Crippen molar-refractivity contribution < 1.29 is 9.53 Å². The fraction of sp³-hybridized carbons (Fsp3) is 0.917. The van der Waals surface area contributed by atoms with E-state index in [1.165, 1.54) is 7.11 Å². The fourth-order valence-corrected chi connectivity index (χ4v) is 1.55. The van der Waals surface area contributed by atoms with E-state index in [-0.39, 0.29) is 11.4 Å². The highest BCUT2D eigenvalue weighted by molar-refractivity contribution is 5.79. The number of carbonyl (C=O) groups is 1. The minimum absolute atomic E-state index is 0.213. The largest absolute Gasteiger partial charge is 0.468 e. The lowest BCUT2D eigenvalue weighted by Crippen LogP contribution is -2.50. The minimum Gasteiger partial charge on any atom is -0.468 e. The lowest BCUT2D eigenvalue weighted by molar-refractivity contribution is -0.147. The summed E-state index contributed by atoms with van der Waals surface area (Å²) in [5, 5.41) is 3.26. The summed E-state index contributed by atoms with van der Waals surface area (Å²) in [7, 11) is 1.42. The van der Waals surface area contributed by atoms with Crippen molar-refractivity contribution >= 4 is 5.97 Å². The Bertz CT molecular complexity index is 210. The zero-order chi connectivity index (χ0) is 12.1. The van der Waals surface area contributed by atoms with E-state index in [2.05, 4.69) is 26.1 Å². The van der Waals surface area contributed by atoms with Gasteiger partial charge in [-0.3, -0.25) is 4.79 Å². The fourth-order valence-electron chi connectivity index (χ4n) is 1.55. The minimum atomic E-state index is -0.597. The first-order chi connectivity index (χ1) is 6.75. The Balaban J connectivity index is 4.19. The van der Waals surface area contributed by atoms with Crippen LogP contribution >= 0.6 is 0 Å². The van der Waals surface area contributed by atoms with E-state index in [9.17, 15) is 4.79 Å². The zero-order valence-corrected chi connectivity index (χ0v) is 10.9. The van der Waals surface area contributed by atoms with Gasteiger partial charge in [0.15, 0.2) is 0 Å². The number of rotatable bonds is 6. The molecular formula is C12H25NO2. The summed E-state index contributed by atoms with van der Waals surface area (Å²) in [5.74, 6) is -0.213. The van der Waals surface area contributed by atoms with Crippen LogP contribution in [0, 0.1) is 5.41 Å². The molecule has 15 heavy (non-hydrogen) atoms. The van der Waals surface area contributed by atoms with Crippen LogP contribution in [-0.2, 0) is 9.53 Å². The van der Waals surface area contributed by atoms with Crippen molar-refractivity contribution in [3.63, 3.8) is 0 Å². The van der Waals surface area contributed by atoms with E-state index < -0.39 is 5.54 Å². The van der Waals surface area contributed by atoms with Crippen molar-refractivity contribution in [3.8, 4) is 0 Å². The molecule has 0 atom stereocenters. The van der Waals surface area contributed by atoms with Crippen LogP contribution in [-0.4, -0.2) is 25.2 Å². The highest BCUT2D eigenvalue weighted by Crippen LogP contribution is 2.22. The second-order valence-electron chi connectivity index (χ2n) is 5.38. The van der Waals surface area contributed by atoms with E-state index in [0.717, 1.165) is 19.4 Å². The van der Waals surface area contributed by atoms with Gasteiger partial charge in [-0.15, -0.1) is 0 Å². The molecule has 3 heteroatoms. The predicted molar refractivity (Wildman–Crippen MR) is 62.8 cm³/mol. The normalized spacial score (nSPS) is 12.7. The second-order valence-corrected chi connectivity index (χ2v) is 5.38. The molecule has 0 fully saturated rings. The van der Waals surface area contributed by atoms with Crippen LogP contribution < -0.4 is 5.32 Å². The van der Waals surface area contributed by atoms with Crippen molar-refractivity contribution in [2.45, 2.75) is 53.0 Å². The Morgan fingerprint density at radius 3 is 2.20 bits per heavy atom. The van der Waals surface area contributed by atoms with Gasteiger partial charge in [-0.25, -0.2) is 0 Å². The Hall–Kier alpha value is -0.570. The molecule has 3 nitrogen and oxygen atoms in total. The van der Waals surface area contributed by atoms with E-state index in [4.69, 9.17) is 4.74 Å². The molecule has 0 aliphatic carbocycles. The first kappa shape index (κ1) is 14.4. The summed E-state index contributed by atoms with van der Waals surface area (Å²) in [5.41, 5.74) is -0.375. The van der Waals surface area contributed by atoms with E-state index in [0.29, 0.717) is 0 Å². The monoisotopic (exact) mass is 215 g/mol. The first-order valence-corrected chi connectivity index (χ1v) is 5.58. The van der Waals surface area contributed by atoms with Crippen molar-refractivity contribution in [1.82, 2.24) is 5.32 Å². The Kier molecular flexibility index (Phi) is 5.29. The van der Waals surface area contributed by atoms with Gasteiger partial charge in [0.25, 0.3) is 0 Å². The molecule has 0 aromatic rings. The van der Waals surface area contributed by atoms with Crippen LogP contribution in [0.15, 0.2) is 0 Å². The summed E-state index contributed by atoms with van der Waals surface area (Å²) < 4.78 is 4.74. The van der Waals surface area contributed by atoms with Crippen molar-refractivity contribution in [1.29, 1.82) is 0 Å². The number of hydrogen-bond acceptors (Lipinski definition) is 3. The number of nitrogens with one attached hydrogen (secondary N) is 1. The quantitative estimate of drug-likeness (QED) is 0.691. The van der Waals surface area contributed by atoms with Gasteiger partial charge >= 0.3 is 5.97 Å². The molecule has 0 unspecified atom stereocenters. The lowest BCUT2D eigenvalue weighted by Gasteiger charge is -2.30. The molecule has 0 aromatic carbocycles. The summed E-state index contributed by atoms with van der Waals surface area (Å²) >= 11 is 0. The molecule has 1 N–H and O–H groups in total. The van der Waals surface area contributed by atoms with E-state index in [1.54, 1.807) is 0 Å². The molecule has 0 heterocycles. The van der Waals surface area contributed by atoms with Gasteiger partial charge in [-0.2, -0.15) is 0 Å². The maximum absolute atomic E-state index is 11.4. The maximum atomic E-state index is 11.4.